The van der Waals surface area contributed by atoms with Gasteiger partial charge in [-0.1, -0.05) is 24.4 Å². The lowest BCUT2D eigenvalue weighted by molar-refractivity contribution is 0.0923. The second-order valence-corrected chi connectivity index (χ2v) is 8.47. The van der Waals surface area contributed by atoms with Gasteiger partial charge in [-0.15, -0.1) is 0 Å². The Labute approximate surface area is 176 Å². The van der Waals surface area contributed by atoms with Crippen LogP contribution in [-0.2, 0) is 0 Å². The fourth-order valence-electron chi connectivity index (χ4n) is 3.77. The molecule has 0 bridgehead atoms. The molecule has 9 heteroatoms. The molecule has 0 aliphatic heterocycles. The van der Waals surface area contributed by atoms with Crippen LogP contribution in [0.4, 0.5) is 8.78 Å². The molecule has 1 aromatic carbocycles. The van der Waals surface area contributed by atoms with Gasteiger partial charge >= 0.3 is 0 Å². The maximum absolute atomic E-state index is 12.8. The third kappa shape index (κ3) is 3.88. The van der Waals surface area contributed by atoms with Crippen molar-refractivity contribution in [1.29, 1.82) is 0 Å². The van der Waals surface area contributed by atoms with Gasteiger partial charge in [0, 0.05) is 11.1 Å². The average molecular weight is 432 g/mol. The van der Waals surface area contributed by atoms with Crippen molar-refractivity contribution in [1.82, 2.24) is 24.8 Å². The van der Waals surface area contributed by atoms with E-state index in [1.807, 2.05) is 18.2 Å². The smallest absolute Gasteiger partial charge is 0.281 e. The molecule has 3 aromatic rings. The Kier molecular flexibility index (Phi) is 4.89. The summed E-state index contributed by atoms with van der Waals surface area (Å²) in [6, 6.07) is 5.73. The standard InChI is InChI=1S/C21H20ClF2N5O/c22-12-3-6-18-14(8-12)27-20(29(18)13-4-5-13)15(7-11-1-2-11)28-21(30)17-10-25-16(9-26-17)19(23)24/h3,6,8-11,13,15,19H,1-2,4-5,7H2,(H,28,30)/t15-/m0/s1. The highest BCUT2D eigenvalue weighted by Gasteiger charge is 2.35. The fraction of sp³-hybridized carbons (Fsp3) is 0.429. The van der Waals surface area contributed by atoms with Gasteiger partial charge in [-0.3, -0.25) is 9.78 Å². The summed E-state index contributed by atoms with van der Waals surface area (Å²) in [5.74, 6) is 0.909. The predicted molar refractivity (Wildman–Crippen MR) is 108 cm³/mol. The highest BCUT2D eigenvalue weighted by atomic mass is 35.5. The monoisotopic (exact) mass is 431 g/mol. The molecular weight excluding hydrogens is 412 g/mol. The number of nitrogens with zero attached hydrogens (tertiary/aromatic N) is 4. The number of hydrogen-bond acceptors (Lipinski definition) is 4. The van der Waals surface area contributed by atoms with Gasteiger partial charge in [-0.2, -0.15) is 0 Å². The number of nitrogens with one attached hydrogen (secondary N) is 1. The number of benzene rings is 1. The zero-order valence-corrected chi connectivity index (χ0v) is 16.8. The molecule has 2 saturated carbocycles. The number of rotatable bonds is 7. The second-order valence-electron chi connectivity index (χ2n) is 8.04. The van der Waals surface area contributed by atoms with Crippen LogP contribution in [0.1, 0.15) is 72.6 Å². The number of carbonyl (C=O) groups is 1. The highest BCUT2D eigenvalue weighted by Crippen LogP contribution is 2.43. The molecular formula is C21H20ClF2N5O. The predicted octanol–water partition coefficient (Wildman–Crippen LogP) is 5.02. The van der Waals surface area contributed by atoms with Crippen molar-refractivity contribution in [2.75, 3.05) is 0 Å². The normalized spacial score (nSPS) is 17.5. The summed E-state index contributed by atoms with van der Waals surface area (Å²) in [6.07, 6.45) is 4.50. The second kappa shape index (κ2) is 7.58. The molecule has 1 amide bonds. The summed E-state index contributed by atoms with van der Waals surface area (Å²) in [5, 5.41) is 3.64. The lowest BCUT2D eigenvalue weighted by Crippen LogP contribution is -2.31. The van der Waals surface area contributed by atoms with Crippen molar-refractivity contribution in [2.45, 2.75) is 50.6 Å². The first-order valence-electron chi connectivity index (χ1n) is 10.1. The van der Waals surface area contributed by atoms with Crippen molar-refractivity contribution in [2.24, 2.45) is 5.92 Å². The SMILES string of the molecule is O=C(N[C@@H](CC1CC1)c1nc2cc(Cl)ccc2n1C1CC1)c1cnc(C(F)F)cn1. The summed E-state index contributed by atoms with van der Waals surface area (Å²) in [5.41, 5.74) is 1.37. The summed E-state index contributed by atoms with van der Waals surface area (Å²) < 4.78 is 27.6. The molecule has 0 radical (unpaired) electrons. The van der Waals surface area contributed by atoms with E-state index in [2.05, 4.69) is 19.9 Å². The quantitative estimate of drug-likeness (QED) is 0.569. The molecule has 2 aromatic heterocycles. The number of hydrogen-bond donors (Lipinski definition) is 1. The van der Waals surface area contributed by atoms with Crippen LogP contribution in [0.5, 0.6) is 0 Å². The van der Waals surface area contributed by atoms with Crippen LogP contribution in [-0.4, -0.2) is 25.4 Å². The van der Waals surface area contributed by atoms with E-state index in [4.69, 9.17) is 16.6 Å². The van der Waals surface area contributed by atoms with E-state index >= 15 is 0 Å². The first-order chi connectivity index (χ1) is 14.5. The topological polar surface area (TPSA) is 72.7 Å². The van der Waals surface area contributed by atoms with E-state index in [-0.39, 0.29) is 11.7 Å². The lowest BCUT2D eigenvalue weighted by Gasteiger charge is -2.20. The van der Waals surface area contributed by atoms with Crippen LogP contribution < -0.4 is 5.32 Å². The zero-order chi connectivity index (χ0) is 20.8. The van der Waals surface area contributed by atoms with Gasteiger partial charge in [-0.05, 0) is 43.4 Å². The molecule has 6 nitrogen and oxygen atoms in total. The first-order valence-corrected chi connectivity index (χ1v) is 10.5. The molecule has 156 valence electrons. The molecule has 2 heterocycles. The Morgan fingerprint density at radius 2 is 2.00 bits per heavy atom. The Morgan fingerprint density at radius 1 is 1.20 bits per heavy atom. The van der Waals surface area contributed by atoms with Gasteiger partial charge in [-0.25, -0.2) is 18.7 Å². The largest absolute Gasteiger partial charge is 0.341 e. The van der Waals surface area contributed by atoms with E-state index < -0.39 is 18.0 Å². The molecule has 2 aliphatic carbocycles. The van der Waals surface area contributed by atoms with Crippen LogP contribution in [0.3, 0.4) is 0 Å². The number of carbonyl (C=O) groups excluding carboxylic acids is 1. The Balaban J connectivity index is 1.47. The molecule has 5 rings (SSSR count). The molecule has 0 saturated heterocycles. The van der Waals surface area contributed by atoms with Crippen molar-refractivity contribution in [3.8, 4) is 0 Å². The van der Waals surface area contributed by atoms with Gasteiger partial charge in [0.25, 0.3) is 12.3 Å². The van der Waals surface area contributed by atoms with Gasteiger partial charge in [0.2, 0.25) is 0 Å². The minimum absolute atomic E-state index is 0.0114. The van der Waals surface area contributed by atoms with Crippen LogP contribution in [0.15, 0.2) is 30.6 Å². The van der Waals surface area contributed by atoms with Crippen molar-refractivity contribution in [3.63, 3.8) is 0 Å². The van der Waals surface area contributed by atoms with Crippen LogP contribution in [0.25, 0.3) is 11.0 Å². The van der Waals surface area contributed by atoms with Gasteiger partial charge in [0.1, 0.15) is 17.2 Å². The number of alkyl halides is 2. The number of imidazole rings is 1. The molecule has 30 heavy (non-hydrogen) atoms. The summed E-state index contributed by atoms with van der Waals surface area (Å²) in [7, 11) is 0. The minimum Gasteiger partial charge on any atom is -0.341 e. The van der Waals surface area contributed by atoms with Gasteiger partial charge in [0.15, 0.2) is 0 Å². The molecule has 0 unspecified atom stereocenters. The number of halogens is 3. The third-order valence-electron chi connectivity index (χ3n) is 5.60. The lowest BCUT2D eigenvalue weighted by atomic mass is 10.1. The molecule has 1 atom stereocenters. The molecule has 2 fully saturated rings. The third-order valence-corrected chi connectivity index (χ3v) is 5.84. The number of aromatic nitrogens is 4. The fourth-order valence-corrected chi connectivity index (χ4v) is 3.94. The highest BCUT2D eigenvalue weighted by molar-refractivity contribution is 6.31. The maximum Gasteiger partial charge on any atom is 0.281 e. The number of amides is 1. The van der Waals surface area contributed by atoms with E-state index in [1.165, 1.54) is 0 Å². The molecule has 0 spiro atoms. The van der Waals surface area contributed by atoms with E-state index in [9.17, 15) is 13.6 Å². The molecule has 1 N–H and O–H groups in total. The Morgan fingerprint density at radius 3 is 2.63 bits per heavy atom. The van der Waals surface area contributed by atoms with Crippen LogP contribution >= 0.6 is 11.6 Å². The zero-order valence-electron chi connectivity index (χ0n) is 16.1. The Hall–Kier alpha value is -2.61. The van der Waals surface area contributed by atoms with E-state index in [0.29, 0.717) is 17.0 Å². The average Bonchev–Trinajstić information content (AvgIpc) is 3.66. The van der Waals surface area contributed by atoms with Crippen molar-refractivity contribution < 1.29 is 13.6 Å². The summed E-state index contributed by atoms with van der Waals surface area (Å²) >= 11 is 6.16. The summed E-state index contributed by atoms with van der Waals surface area (Å²) in [6.45, 7) is 0. The summed E-state index contributed by atoms with van der Waals surface area (Å²) in [4.78, 5) is 25.2. The maximum atomic E-state index is 12.8. The van der Waals surface area contributed by atoms with Crippen molar-refractivity contribution in [3.05, 3.63) is 52.8 Å². The minimum atomic E-state index is -2.72. The first kappa shape index (κ1) is 19.4. The van der Waals surface area contributed by atoms with Gasteiger partial charge < -0.3 is 9.88 Å². The van der Waals surface area contributed by atoms with Crippen molar-refractivity contribution >= 4 is 28.5 Å². The van der Waals surface area contributed by atoms with Crippen LogP contribution in [0.2, 0.25) is 5.02 Å². The van der Waals surface area contributed by atoms with Crippen LogP contribution in [0, 0.1) is 5.92 Å². The van der Waals surface area contributed by atoms with E-state index in [0.717, 1.165) is 61.4 Å². The number of fused-ring (bicyclic) bond motifs is 1. The van der Waals surface area contributed by atoms with E-state index in [1.54, 1.807) is 0 Å². The molecule has 2 aliphatic rings. The Bertz CT molecular complexity index is 1090. The van der Waals surface area contributed by atoms with Gasteiger partial charge in [0.05, 0.1) is 29.5 Å².